The molecule has 0 aliphatic carbocycles. The Balaban J connectivity index is 0.000001000. The monoisotopic (exact) mass is 194 g/mol. The van der Waals surface area contributed by atoms with E-state index < -0.39 is 5.91 Å². The minimum atomic E-state index is -0.863. The van der Waals surface area contributed by atoms with Crippen molar-refractivity contribution < 1.29 is 26.4 Å². The van der Waals surface area contributed by atoms with Crippen molar-refractivity contribution in [2.75, 3.05) is 0 Å². The molecular formula is C7H6NNiO2-. The molecule has 0 aliphatic heterocycles. The maximum atomic E-state index is 10.4. The molecule has 3 nitrogen and oxygen atoms in total. The van der Waals surface area contributed by atoms with Crippen LogP contribution in [0.15, 0.2) is 24.3 Å². The molecule has 1 rings (SSSR count). The SMILES string of the molecule is [NH-]C(=O)c1ccccc1O.[Ni]. The Morgan fingerprint density at radius 1 is 1.36 bits per heavy atom. The first-order valence-corrected chi connectivity index (χ1v) is 2.76. The maximum absolute atomic E-state index is 10.4. The molecule has 0 saturated carbocycles. The zero-order chi connectivity index (χ0) is 7.56. The van der Waals surface area contributed by atoms with E-state index in [0.29, 0.717) is 0 Å². The first-order chi connectivity index (χ1) is 4.72. The molecule has 0 bridgehead atoms. The average molecular weight is 195 g/mol. The molecule has 0 saturated heterocycles. The average Bonchev–Trinajstić information content (AvgIpc) is 1.88. The summed E-state index contributed by atoms with van der Waals surface area (Å²) in [5, 5.41) is 8.94. The second kappa shape index (κ2) is 3.99. The van der Waals surface area contributed by atoms with Crippen molar-refractivity contribution in [3.63, 3.8) is 0 Å². The van der Waals surface area contributed by atoms with Crippen molar-refractivity contribution in [1.29, 1.82) is 0 Å². The maximum Gasteiger partial charge on any atom is 0.124 e. The van der Waals surface area contributed by atoms with Crippen LogP contribution in [0.2, 0.25) is 0 Å². The fraction of sp³-hybridized carbons (Fsp3) is 0. The number of amides is 1. The van der Waals surface area contributed by atoms with Crippen LogP contribution in [0.3, 0.4) is 0 Å². The molecule has 0 unspecified atom stereocenters. The fourth-order valence-corrected chi connectivity index (χ4v) is 0.666. The number of benzene rings is 1. The number of para-hydroxylation sites is 1. The van der Waals surface area contributed by atoms with Gasteiger partial charge in [-0.1, -0.05) is 12.1 Å². The van der Waals surface area contributed by atoms with Gasteiger partial charge in [-0.05, 0) is 12.1 Å². The van der Waals surface area contributed by atoms with E-state index in [-0.39, 0.29) is 27.8 Å². The van der Waals surface area contributed by atoms with E-state index in [0.717, 1.165) is 0 Å². The molecule has 0 spiro atoms. The first-order valence-electron chi connectivity index (χ1n) is 2.76. The smallest absolute Gasteiger partial charge is 0.124 e. The summed E-state index contributed by atoms with van der Waals surface area (Å²) in [5.41, 5.74) is 6.70. The number of hydrogen-bond donors (Lipinski definition) is 1. The molecule has 0 fully saturated rings. The van der Waals surface area contributed by atoms with Gasteiger partial charge >= 0.3 is 0 Å². The van der Waals surface area contributed by atoms with Gasteiger partial charge in [0.05, 0.1) is 5.91 Å². The summed E-state index contributed by atoms with van der Waals surface area (Å²) in [6.07, 6.45) is 0. The number of phenols is 1. The Hall–Kier alpha value is -1.02. The van der Waals surface area contributed by atoms with E-state index in [1.165, 1.54) is 12.1 Å². The van der Waals surface area contributed by atoms with Crippen molar-refractivity contribution in [3.8, 4) is 5.75 Å². The number of aromatic hydroxyl groups is 1. The van der Waals surface area contributed by atoms with Crippen LogP contribution in [0.1, 0.15) is 10.4 Å². The third kappa shape index (κ3) is 2.24. The van der Waals surface area contributed by atoms with Gasteiger partial charge in [-0.2, -0.15) is 0 Å². The molecule has 0 radical (unpaired) electrons. The topological polar surface area (TPSA) is 61.1 Å². The molecule has 0 atom stereocenters. The molecular weight excluding hydrogens is 189 g/mol. The predicted octanol–water partition coefficient (Wildman–Crippen LogP) is 1.58. The molecule has 0 aromatic heterocycles. The van der Waals surface area contributed by atoms with Crippen molar-refractivity contribution in [2.45, 2.75) is 0 Å². The summed E-state index contributed by atoms with van der Waals surface area (Å²) in [6.45, 7) is 0. The fourth-order valence-electron chi connectivity index (χ4n) is 0.666. The normalized spacial score (nSPS) is 8.36. The molecule has 11 heavy (non-hydrogen) atoms. The molecule has 0 heterocycles. The Labute approximate surface area is 74.1 Å². The molecule has 62 valence electrons. The van der Waals surface area contributed by atoms with Gasteiger partial charge in [-0.25, -0.2) is 0 Å². The van der Waals surface area contributed by atoms with Crippen molar-refractivity contribution >= 4 is 5.91 Å². The van der Waals surface area contributed by atoms with Gasteiger partial charge < -0.3 is 15.6 Å². The van der Waals surface area contributed by atoms with E-state index in [1.54, 1.807) is 12.1 Å². The van der Waals surface area contributed by atoms with Crippen LogP contribution in [0.5, 0.6) is 5.75 Å². The van der Waals surface area contributed by atoms with Crippen LogP contribution in [0, 0.1) is 0 Å². The van der Waals surface area contributed by atoms with Crippen LogP contribution in [-0.4, -0.2) is 11.0 Å². The van der Waals surface area contributed by atoms with Crippen molar-refractivity contribution in [3.05, 3.63) is 35.6 Å². The summed E-state index contributed by atoms with van der Waals surface area (Å²) in [5.74, 6) is -0.999. The third-order valence-electron chi connectivity index (χ3n) is 1.15. The number of hydrogen-bond acceptors (Lipinski definition) is 2. The third-order valence-corrected chi connectivity index (χ3v) is 1.15. The Kier molecular flexibility index (Phi) is 3.62. The number of phenolic OH excluding ortho intramolecular Hbond substituents is 1. The summed E-state index contributed by atoms with van der Waals surface area (Å²) in [7, 11) is 0. The zero-order valence-electron chi connectivity index (χ0n) is 5.48. The van der Waals surface area contributed by atoms with Crippen LogP contribution >= 0.6 is 0 Å². The first kappa shape index (κ1) is 9.98. The van der Waals surface area contributed by atoms with Crippen LogP contribution in [0.25, 0.3) is 5.73 Å². The minimum absolute atomic E-state index is 0. The number of carbonyl (C=O) groups excluding carboxylic acids is 1. The van der Waals surface area contributed by atoms with Gasteiger partial charge in [0.1, 0.15) is 5.75 Å². The minimum Gasteiger partial charge on any atom is -0.663 e. The van der Waals surface area contributed by atoms with E-state index in [1.807, 2.05) is 0 Å². The summed E-state index contributed by atoms with van der Waals surface area (Å²) < 4.78 is 0. The van der Waals surface area contributed by atoms with Gasteiger partial charge in [-0.15, -0.1) is 0 Å². The van der Waals surface area contributed by atoms with Gasteiger partial charge in [0, 0.05) is 22.1 Å². The number of nitrogens with one attached hydrogen (secondary N) is 1. The van der Waals surface area contributed by atoms with E-state index in [9.17, 15) is 4.79 Å². The molecule has 1 aromatic carbocycles. The van der Waals surface area contributed by atoms with Gasteiger partial charge in [0.25, 0.3) is 0 Å². The zero-order valence-corrected chi connectivity index (χ0v) is 6.47. The molecule has 2 N–H and O–H groups in total. The van der Waals surface area contributed by atoms with E-state index in [4.69, 9.17) is 10.8 Å². The predicted molar refractivity (Wildman–Crippen MR) is 36.8 cm³/mol. The largest absolute Gasteiger partial charge is 0.663 e. The molecule has 1 amide bonds. The van der Waals surface area contributed by atoms with E-state index in [2.05, 4.69) is 0 Å². The van der Waals surface area contributed by atoms with Crippen molar-refractivity contribution in [2.24, 2.45) is 0 Å². The summed E-state index contributed by atoms with van der Waals surface area (Å²) in [6, 6.07) is 5.98. The Morgan fingerprint density at radius 3 is 2.27 bits per heavy atom. The van der Waals surface area contributed by atoms with Gasteiger partial charge in [0.15, 0.2) is 0 Å². The van der Waals surface area contributed by atoms with E-state index >= 15 is 0 Å². The van der Waals surface area contributed by atoms with Gasteiger partial charge in [0.2, 0.25) is 0 Å². The number of rotatable bonds is 1. The van der Waals surface area contributed by atoms with Crippen molar-refractivity contribution in [1.82, 2.24) is 0 Å². The van der Waals surface area contributed by atoms with Crippen LogP contribution in [0.4, 0.5) is 0 Å². The quantitative estimate of drug-likeness (QED) is 0.691. The number of carbonyl (C=O) groups is 1. The van der Waals surface area contributed by atoms with Crippen LogP contribution in [-0.2, 0) is 16.5 Å². The van der Waals surface area contributed by atoms with Crippen LogP contribution < -0.4 is 0 Å². The van der Waals surface area contributed by atoms with Gasteiger partial charge in [-0.3, -0.25) is 0 Å². The summed E-state index contributed by atoms with van der Waals surface area (Å²) >= 11 is 0. The second-order valence-corrected chi connectivity index (χ2v) is 1.85. The Bertz CT molecular complexity index is 262. The Morgan fingerprint density at radius 2 is 1.91 bits per heavy atom. The second-order valence-electron chi connectivity index (χ2n) is 1.85. The molecule has 1 aromatic rings. The molecule has 0 aliphatic rings. The molecule has 4 heteroatoms. The summed E-state index contributed by atoms with van der Waals surface area (Å²) in [4.78, 5) is 10.4. The standard InChI is InChI=1S/C7H7NO2.Ni/c8-7(10)5-3-1-2-4-6(5)9;/h1-4H,(H3,8,9,10);/p-1.